The van der Waals surface area contributed by atoms with Crippen LogP contribution in [0, 0.1) is 0 Å². The third kappa shape index (κ3) is 4.23. The number of rotatable bonds is 4. The molecule has 2 aliphatic heterocycles. The van der Waals surface area contributed by atoms with Crippen molar-refractivity contribution in [1.82, 2.24) is 14.8 Å². The summed E-state index contributed by atoms with van der Waals surface area (Å²) in [5, 5.41) is 5.27. The number of alkyl halides is 1. The summed E-state index contributed by atoms with van der Waals surface area (Å²) in [7, 11) is 0. The van der Waals surface area contributed by atoms with Crippen LogP contribution in [0.3, 0.4) is 0 Å². The summed E-state index contributed by atoms with van der Waals surface area (Å²) in [5.41, 5.74) is 1.96. The first kappa shape index (κ1) is 19.4. The summed E-state index contributed by atoms with van der Waals surface area (Å²) in [6.45, 7) is 4.27. The molecule has 0 spiro atoms. The van der Waals surface area contributed by atoms with E-state index in [1.807, 2.05) is 25.1 Å². The number of benzene rings is 1. The number of hydrogen-bond donors (Lipinski definition) is 1. The Morgan fingerprint density at radius 3 is 2.86 bits per heavy atom. The number of halogens is 2. The van der Waals surface area contributed by atoms with E-state index >= 15 is 0 Å². The molecule has 2 saturated heterocycles. The van der Waals surface area contributed by atoms with Gasteiger partial charge < -0.3 is 10.2 Å². The smallest absolute Gasteiger partial charge is 0.237 e. The summed E-state index contributed by atoms with van der Waals surface area (Å²) in [4.78, 5) is 20.8. The Labute approximate surface area is 169 Å². The fraction of sp³-hybridized carbons (Fsp3) is 0.524. The maximum atomic E-state index is 13.5. The minimum Gasteiger partial charge on any atom is -0.382 e. The van der Waals surface area contributed by atoms with Gasteiger partial charge in [-0.1, -0.05) is 17.7 Å². The SMILES string of the molecule is C[C@@H]1C[C@H](F)CN1C(=O)CN1CCC(Nc2cccc3ncc(Cl)cc23)CC1. The van der Waals surface area contributed by atoms with Crippen molar-refractivity contribution in [3.63, 3.8) is 0 Å². The average Bonchev–Trinajstić information content (AvgIpc) is 3.02. The number of hydrogen-bond acceptors (Lipinski definition) is 4. The Kier molecular flexibility index (Phi) is 5.69. The lowest BCUT2D eigenvalue weighted by molar-refractivity contribution is -0.133. The monoisotopic (exact) mass is 404 g/mol. The Morgan fingerprint density at radius 1 is 1.36 bits per heavy atom. The summed E-state index contributed by atoms with van der Waals surface area (Å²) >= 11 is 6.12. The molecule has 1 aromatic heterocycles. The van der Waals surface area contributed by atoms with Gasteiger partial charge >= 0.3 is 0 Å². The molecular formula is C21H26ClFN4O. The van der Waals surface area contributed by atoms with Gasteiger partial charge in [-0.2, -0.15) is 0 Å². The maximum absolute atomic E-state index is 13.5. The number of fused-ring (bicyclic) bond motifs is 1. The van der Waals surface area contributed by atoms with Gasteiger partial charge in [0, 0.05) is 48.9 Å². The van der Waals surface area contributed by atoms with Gasteiger partial charge in [-0.05, 0) is 38.0 Å². The van der Waals surface area contributed by atoms with E-state index in [2.05, 4.69) is 21.3 Å². The van der Waals surface area contributed by atoms with Gasteiger partial charge in [-0.15, -0.1) is 0 Å². The van der Waals surface area contributed by atoms with Gasteiger partial charge in [0.25, 0.3) is 0 Å². The van der Waals surface area contributed by atoms with E-state index in [1.165, 1.54) is 0 Å². The molecule has 3 heterocycles. The number of nitrogens with one attached hydrogen (secondary N) is 1. The number of aromatic nitrogens is 1. The largest absolute Gasteiger partial charge is 0.382 e. The van der Waals surface area contributed by atoms with Crippen molar-refractivity contribution in [3.05, 3.63) is 35.5 Å². The van der Waals surface area contributed by atoms with Crippen molar-refractivity contribution >= 4 is 34.1 Å². The highest BCUT2D eigenvalue weighted by molar-refractivity contribution is 6.31. The van der Waals surface area contributed by atoms with E-state index in [-0.39, 0.29) is 18.5 Å². The molecule has 0 bridgehead atoms. The van der Waals surface area contributed by atoms with Crippen molar-refractivity contribution in [2.75, 3.05) is 31.5 Å². The number of amides is 1. The number of piperidine rings is 1. The molecule has 2 aromatic rings. The lowest BCUT2D eigenvalue weighted by atomic mass is 10.0. The molecule has 1 N–H and O–H groups in total. The van der Waals surface area contributed by atoms with Gasteiger partial charge in [0.2, 0.25) is 5.91 Å². The Morgan fingerprint density at radius 2 is 2.14 bits per heavy atom. The fourth-order valence-electron chi connectivity index (χ4n) is 4.30. The quantitative estimate of drug-likeness (QED) is 0.843. The van der Waals surface area contributed by atoms with E-state index in [1.54, 1.807) is 11.1 Å². The number of anilines is 1. The van der Waals surface area contributed by atoms with Crippen LogP contribution in [0.25, 0.3) is 10.9 Å². The Balaban J connectivity index is 1.32. The van der Waals surface area contributed by atoms with Crippen LogP contribution in [0.5, 0.6) is 0 Å². The van der Waals surface area contributed by atoms with Gasteiger partial charge in [0.05, 0.1) is 23.6 Å². The van der Waals surface area contributed by atoms with Crippen LogP contribution in [0.15, 0.2) is 30.5 Å². The van der Waals surface area contributed by atoms with E-state index in [0.29, 0.717) is 24.0 Å². The molecule has 1 amide bonds. The molecule has 1 aromatic carbocycles. The lowest BCUT2D eigenvalue weighted by Gasteiger charge is -2.34. The van der Waals surface area contributed by atoms with E-state index < -0.39 is 6.17 Å². The molecule has 0 radical (unpaired) electrons. The van der Waals surface area contributed by atoms with Crippen LogP contribution in [0.1, 0.15) is 26.2 Å². The second-order valence-corrected chi connectivity index (χ2v) is 8.39. The van der Waals surface area contributed by atoms with Crippen LogP contribution in [0.4, 0.5) is 10.1 Å². The number of likely N-dealkylation sites (tertiary alicyclic amines) is 2. The first-order valence-electron chi connectivity index (χ1n) is 9.96. The number of carbonyl (C=O) groups is 1. The molecule has 150 valence electrons. The molecule has 5 nitrogen and oxygen atoms in total. The zero-order valence-electron chi connectivity index (χ0n) is 16.1. The Bertz CT molecular complexity index is 855. The minimum atomic E-state index is -0.877. The third-order valence-corrected chi connectivity index (χ3v) is 6.05. The highest BCUT2D eigenvalue weighted by atomic mass is 35.5. The highest BCUT2D eigenvalue weighted by Gasteiger charge is 2.33. The van der Waals surface area contributed by atoms with Gasteiger partial charge in [-0.3, -0.25) is 14.7 Å². The van der Waals surface area contributed by atoms with E-state index in [4.69, 9.17) is 11.6 Å². The van der Waals surface area contributed by atoms with Crippen LogP contribution < -0.4 is 5.32 Å². The fourth-order valence-corrected chi connectivity index (χ4v) is 4.46. The second kappa shape index (κ2) is 8.21. The molecule has 28 heavy (non-hydrogen) atoms. The molecule has 0 saturated carbocycles. The first-order valence-corrected chi connectivity index (χ1v) is 10.3. The summed E-state index contributed by atoms with van der Waals surface area (Å²) in [5.74, 6) is 0.0498. The molecule has 2 atom stereocenters. The van der Waals surface area contributed by atoms with Gasteiger partial charge in [0.1, 0.15) is 6.17 Å². The average molecular weight is 405 g/mol. The number of pyridine rings is 1. The van der Waals surface area contributed by atoms with Gasteiger partial charge in [0.15, 0.2) is 0 Å². The topological polar surface area (TPSA) is 48.5 Å². The predicted octanol–water partition coefficient (Wildman–Crippen LogP) is 3.72. The second-order valence-electron chi connectivity index (χ2n) is 7.95. The number of carbonyl (C=O) groups excluding carboxylic acids is 1. The summed E-state index contributed by atoms with van der Waals surface area (Å²) in [6, 6.07) is 8.32. The molecule has 2 aliphatic rings. The molecule has 0 unspecified atom stereocenters. The lowest BCUT2D eigenvalue weighted by Crippen LogP contribution is -2.46. The number of nitrogens with zero attached hydrogens (tertiary/aromatic N) is 3. The molecule has 2 fully saturated rings. The molecule has 4 rings (SSSR count). The van der Waals surface area contributed by atoms with Crippen LogP contribution in [0.2, 0.25) is 5.02 Å². The third-order valence-electron chi connectivity index (χ3n) is 5.84. The van der Waals surface area contributed by atoms with Crippen molar-refractivity contribution in [2.45, 2.75) is 44.4 Å². The van der Waals surface area contributed by atoms with Crippen molar-refractivity contribution in [2.24, 2.45) is 0 Å². The first-order chi connectivity index (χ1) is 13.5. The molecule has 0 aliphatic carbocycles. The zero-order valence-corrected chi connectivity index (χ0v) is 16.8. The summed E-state index contributed by atoms with van der Waals surface area (Å²) < 4.78 is 13.5. The van der Waals surface area contributed by atoms with Gasteiger partial charge in [-0.25, -0.2) is 4.39 Å². The van der Waals surface area contributed by atoms with Crippen LogP contribution >= 0.6 is 11.6 Å². The van der Waals surface area contributed by atoms with Crippen molar-refractivity contribution in [3.8, 4) is 0 Å². The normalized spacial score (nSPS) is 24.0. The highest BCUT2D eigenvalue weighted by Crippen LogP contribution is 2.27. The van der Waals surface area contributed by atoms with E-state index in [0.717, 1.165) is 42.5 Å². The molecular weight excluding hydrogens is 379 g/mol. The molecule has 7 heteroatoms. The minimum absolute atomic E-state index is 0.00787. The summed E-state index contributed by atoms with van der Waals surface area (Å²) in [6.07, 6.45) is 3.16. The van der Waals surface area contributed by atoms with Crippen molar-refractivity contribution < 1.29 is 9.18 Å². The van der Waals surface area contributed by atoms with E-state index in [9.17, 15) is 9.18 Å². The zero-order chi connectivity index (χ0) is 19.7. The standard InChI is InChI=1S/C21H26ClFN4O/c1-14-9-16(23)12-27(14)21(28)13-26-7-5-17(6-8-26)25-20-4-2-3-19-18(20)10-15(22)11-24-19/h2-4,10-11,14,16-17,25H,5-9,12-13H2,1H3/t14-,16+/m1/s1. The Hall–Kier alpha value is -1.92. The van der Waals surface area contributed by atoms with Crippen molar-refractivity contribution in [1.29, 1.82) is 0 Å². The van der Waals surface area contributed by atoms with Crippen LogP contribution in [-0.2, 0) is 4.79 Å². The predicted molar refractivity (Wildman–Crippen MR) is 111 cm³/mol. The van der Waals surface area contributed by atoms with Crippen LogP contribution in [-0.4, -0.2) is 65.1 Å². The maximum Gasteiger partial charge on any atom is 0.237 e.